The molecule has 0 aromatic carbocycles. The van der Waals surface area contributed by atoms with Crippen LogP contribution in [0.3, 0.4) is 0 Å². The summed E-state index contributed by atoms with van der Waals surface area (Å²) < 4.78 is 0. The van der Waals surface area contributed by atoms with Crippen LogP contribution in [0.5, 0.6) is 0 Å². The Bertz CT molecular complexity index is 229. The van der Waals surface area contributed by atoms with Gasteiger partial charge in [-0.25, -0.2) is 0 Å². The summed E-state index contributed by atoms with van der Waals surface area (Å²) >= 11 is 0. The fourth-order valence-electron chi connectivity index (χ4n) is 2.32. The first-order valence-electron chi connectivity index (χ1n) is 6.69. The molecule has 2 nitrogen and oxygen atoms in total. The smallest absolute Gasteiger partial charge is 0.139 e. The van der Waals surface area contributed by atoms with Gasteiger partial charge in [-0.3, -0.25) is 4.79 Å². The summed E-state index contributed by atoms with van der Waals surface area (Å²) in [5, 5.41) is 0. The molecule has 1 unspecified atom stereocenters. The molecule has 1 aliphatic heterocycles. The van der Waals surface area contributed by atoms with Crippen molar-refractivity contribution in [3.63, 3.8) is 0 Å². The molecule has 0 radical (unpaired) electrons. The number of nitrogens with zero attached hydrogens (tertiary/aromatic N) is 1. The normalized spacial score (nSPS) is 23.4. The molecule has 2 heteroatoms. The van der Waals surface area contributed by atoms with Crippen molar-refractivity contribution in [1.29, 1.82) is 0 Å². The molecule has 0 bridgehead atoms. The van der Waals surface area contributed by atoms with E-state index in [-0.39, 0.29) is 5.41 Å². The molecule has 0 aromatic heterocycles. The molecule has 1 saturated heterocycles. The van der Waals surface area contributed by atoms with Gasteiger partial charge in [0, 0.05) is 24.9 Å². The molecule has 0 N–H and O–H groups in total. The fourth-order valence-corrected chi connectivity index (χ4v) is 2.32. The largest absolute Gasteiger partial charge is 0.303 e. The van der Waals surface area contributed by atoms with Crippen LogP contribution in [0.1, 0.15) is 53.4 Å². The zero-order valence-corrected chi connectivity index (χ0v) is 11.4. The lowest BCUT2D eigenvalue weighted by atomic mass is 9.88. The van der Waals surface area contributed by atoms with E-state index in [2.05, 4.69) is 11.8 Å². The number of hydrogen-bond acceptors (Lipinski definition) is 2. The third kappa shape index (κ3) is 4.25. The molecule has 16 heavy (non-hydrogen) atoms. The van der Waals surface area contributed by atoms with Crippen molar-refractivity contribution in [2.45, 2.75) is 53.4 Å². The Kier molecular flexibility index (Phi) is 4.97. The highest BCUT2D eigenvalue weighted by Crippen LogP contribution is 2.21. The summed E-state index contributed by atoms with van der Waals surface area (Å²) in [5.74, 6) is 1.25. The average molecular weight is 225 g/mol. The molecule has 0 spiro atoms. The van der Waals surface area contributed by atoms with E-state index in [0.29, 0.717) is 5.78 Å². The summed E-state index contributed by atoms with van der Waals surface area (Å²) in [4.78, 5) is 14.3. The van der Waals surface area contributed by atoms with Gasteiger partial charge in [-0.1, -0.05) is 34.1 Å². The van der Waals surface area contributed by atoms with E-state index >= 15 is 0 Å². The number of carbonyl (C=O) groups excluding carboxylic acids is 1. The minimum atomic E-state index is -0.167. The average Bonchev–Trinajstić information content (AvgIpc) is 2.25. The summed E-state index contributed by atoms with van der Waals surface area (Å²) in [6.07, 6.45) is 4.69. The minimum Gasteiger partial charge on any atom is -0.303 e. The molecule has 1 heterocycles. The van der Waals surface area contributed by atoms with Gasteiger partial charge in [0.1, 0.15) is 5.78 Å². The van der Waals surface area contributed by atoms with E-state index in [0.717, 1.165) is 18.9 Å². The Morgan fingerprint density at radius 1 is 1.38 bits per heavy atom. The van der Waals surface area contributed by atoms with Gasteiger partial charge in [-0.05, 0) is 25.3 Å². The second kappa shape index (κ2) is 5.81. The summed E-state index contributed by atoms with van der Waals surface area (Å²) in [7, 11) is 0. The van der Waals surface area contributed by atoms with E-state index in [1.807, 2.05) is 20.8 Å². The quantitative estimate of drug-likeness (QED) is 0.732. The Balaban J connectivity index is 2.30. The van der Waals surface area contributed by atoms with Gasteiger partial charge in [0.05, 0.1) is 0 Å². The minimum absolute atomic E-state index is 0.167. The number of hydrogen-bond donors (Lipinski definition) is 0. The van der Waals surface area contributed by atoms with Gasteiger partial charge >= 0.3 is 0 Å². The van der Waals surface area contributed by atoms with Gasteiger partial charge in [0.15, 0.2) is 0 Å². The summed E-state index contributed by atoms with van der Waals surface area (Å²) in [6, 6.07) is 0. The molecule has 1 fully saturated rings. The van der Waals surface area contributed by atoms with E-state index in [4.69, 9.17) is 0 Å². The van der Waals surface area contributed by atoms with Crippen LogP contribution < -0.4 is 0 Å². The number of ketones is 1. The van der Waals surface area contributed by atoms with E-state index in [1.54, 1.807) is 0 Å². The van der Waals surface area contributed by atoms with Crippen molar-refractivity contribution in [3.05, 3.63) is 0 Å². The molecule has 0 aromatic rings. The third-order valence-electron chi connectivity index (χ3n) is 3.67. The molecule has 1 atom stereocenters. The maximum atomic E-state index is 11.8. The van der Waals surface area contributed by atoms with Crippen molar-refractivity contribution in [3.8, 4) is 0 Å². The van der Waals surface area contributed by atoms with E-state index in [1.165, 1.54) is 32.4 Å². The molecule has 1 rings (SSSR count). The van der Waals surface area contributed by atoms with Gasteiger partial charge in [0.25, 0.3) is 0 Å². The lowest BCUT2D eigenvalue weighted by Crippen LogP contribution is -2.37. The Labute approximate surface area is 100 Å². The zero-order valence-electron chi connectivity index (χ0n) is 11.4. The van der Waals surface area contributed by atoms with Gasteiger partial charge in [0.2, 0.25) is 0 Å². The first kappa shape index (κ1) is 13.7. The van der Waals surface area contributed by atoms with E-state index < -0.39 is 0 Å². The van der Waals surface area contributed by atoms with E-state index in [9.17, 15) is 4.79 Å². The van der Waals surface area contributed by atoms with Crippen LogP contribution in [0, 0.1) is 11.3 Å². The van der Waals surface area contributed by atoms with Crippen LogP contribution in [0.25, 0.3) is 0 Å². The lowest BCUT2D eigenvalue weighted by Gasteiger charge is -2.32. The van der Waals surface area contributed by atoms with Crippen LogP contribution in [0.4, 0.5) is 0 Å². The summed E-state index contributed by atoms with van der Waals surface area (Å²) in [6.45, 7) is 11.7. The van der Waals surface area contributed by atoms with Crippen molar-refractivity contribution >= 4 is 5.78 Å². The first-order valence-corrected chi connectivity index (χ1v) is 6.69. The van der Waals surface area contributed by atoms with Crippen molar-refractivity contribution in [1.82, 2.24) is 4.90 Å². The molecule has 0 saturated carbocycles. The Morgan fingerprint density at radius 3 is 2.62 bits per heavy atom. The van der Waals surface area contributed by atoms with Gasteiger partial charge in [-0.2, -0.15) is 0 Å². The van der Waals surface area contributed by atoms with Crippen LogP contribution >= 0.6 is 0 Å². The second-order valence-electron chi connectivity index (χ2n) is 6.14. The van der Waals surface area contributed by atoms with Gasteiger partial charge in [-0.15, -0.1) is 0 Å². The number of rotatable bonds is 4. The van der Waals surface area contributed by atoms with Crippen LogP contribution in [0.15, 0.2) is 0 Å². The highest BCUT2D eigenvalue weighted by Gasteiger charge is 2.23. The highest BCUT2D eigenvalue weighted by molar-refractivity contribution is 5.83. The molecular formula is C14H27NO. The number of piperidine rings is 1. The molecule has 1 aliphatic rings. The van der Waals surface area contributed by atoms with Crippen LogP contribution in [-0.2, 0) is 4.79 Å². The molecule has 94 valence electrons. The van der Waals surface area contributed by atoms with Crippen LogP contribution in [-0.4, -0.2) is 30.3 Å². The number of carbonyl (C=O) groups is 1. The van der Waals surface area contributed by atoms with Crippen LogP contribution in [0.2, 0.25) is 0 Å². The number of Topliss-reactive ketones (excluding diaryl/α,β-unsaturated/α-hetero) is 1. The predicted octanol–water partition coefficient (Wildman–Crippen LogP) is 3.11. The zero-order chi connectivity index (χ0) is 12.2. The molecule has 0 amide bonds. The number of likely N-dealkylation sites (tertiary alicyclic amines) is 1. The third-order valence-corrected chi connectivity index (χ3v) is 3.67. The SMILES string of the molecule is CCC1CCCN(CCC(=O)C(C)(C)C)C1. The molecular weight excluding hydrogens is 198 g/mol. The topological polar surface area (TPSA) is 20.3 Å². The Morgan fingerprint density at radius 2 is 2.06 bits per heavy atom. The summed E-state index contributed by atoms with van der Waals surface area (Å²) in [5.41, 5.74) is -0.167. The Hall–Kier alpha value is -0.370. The monoisotopic (exact) mass is 225 g/mol. The fraction of sp³-hybridized carbons (Fsp3) is 0.929. The second-order valence-corrected chi connectivity index (χ2v) is 6.14. The maximum Gasteiger partial charge on any atom is 0.139 e. The standard InChI is InChI=1S/C14H27NO/c1-5-12-7-6-9-15(11-12)10-8-13(16)14(2,3)4/h12H,5-11H2,1-4H3. The maximum absolute atomic E-state index is 11.8. The first-order chi connectivity index (χ1) is 7.43. The molecule has 0 aliphatic carbocycles. The van der Waals surface area contributed by atoms with Gasteiger partial charge < -0.3 is 4.90 Å². The van der Waals surface area contributed by atoms with Crippen molar-refractivity contribution in [2.75, 3.05) is 19.6 Å². The highest BCUT2D eigenvalue weighted by atomic mass is 16.1. The van der Waals surface area contributed by atoms with Crippen molar-refractivity contribution < 1.29 is 4.79 Å². The lowest BCUT2D eigenvalue weighted by molar-refractivity contribution is -0.126. The van der Waals surface area contributed by atoms with Crippen molar-refractivity contribution in [2.24, 2.45) is 11.3 Å². The predicted molar refractivity (Wildman–Crippen MR) is 68.5 cm³/mol.